The third kappa shape index (κ3) is 4.87. The summed E-state index contributed by atoms with van der Waals surface area (Å²) in [7, 11) is 0. The maximum Gasteiger partial charge on any atom is 0.343 e. The Morgan fingerprint density at radius 1 is 1.45 bits per heavy atom. The summed E-state index contributed by atoms with van der Waals surface area (Å²) in [4.78, 5) is 15.7. The lowest BCUT2D eigenvalue weighted by Gasteiger charge is -2.04. The van der Waals surface area contributed by atoms with Crippen LogP contribution < -0.4 is 0 Å². The molecule has 0 heterocycles. The largest absolute Gasteiger partial charge is 0.512 e. The Kier molecular flexibility index (Phi) is 6.55. The third-order valence-corrected chi connectivity index (χ3v) is 2.98. The van der Waals surface area contributed by atoms with Crippen molar-refractivity contribution in [2.45, 2.75) is 20.4 Å². The standard InChI is InChI=1S/C14H15Cl2NO3/c1-3-20-14(19)12(9(2)18)8-17-7-10-6-11(15)4-5-13(10)16/h4-6,8,18H,3,7H2,1-2H3/b12-9+,17-8?. The van der Waals surface area contributed by atoms with Gasteiger partial charge in [-0.15, -0.1) is 0 Å². The second kappa shape index (κ2) is 7.92. The molecule has 0 bridgehead atoms. The van der Waals surface area contributed by atoms with E-state index >= 15 is 0 Å². The highest BCUT2D eigenvalue weighted by atomic mass is 35.5. The minimum Gasteiger partial charge on any atom is -0.512 e. The maximum atomic E-state index is 11.6. The summed E-state index contributed by atoms with van der Waals surface area (Å²) in [6, 6.07) is 5.05. The lowest BCUT2D eigenvalue weighted by molar-refractivity contribution is -0.138. The van der Waals surface area contributed by atoms with Crippen LogP contribution in [0.4, 0.5) is 0 Å². The number of nitrogens with zero attached hydrogens (tertiary/aromatic N) is 1. The molecule has 108 valence electrons. The highest BCUT2D eigenvalue weighted by Gasteiger charge is 2.11. The van der Waals surface area contributed by atoms with Crippen molar-refractivity contribution >= 4 is 35.4 Å². The fourth-order valence-electron chi connectivity index (χ4n) is 1.40. The van der Waals surface area contributed by atoms with Gasteiger partial charge in [0, 0.05) is 16.3 Å². The number of carbonyl (C=O) groups excluding carboxylic acids is 1. The van der Waals surface area contributed by atoms with Crippen LogP contribution in [0.1, 0.15) is 19.4 Å². The maximum absolute atomic E-state index is 11.6. The molecule has 0 radical (unpaired) electrons. The van der Waals surface area contributed by atoms with Crippen LogP contribution in [0, 0.1) is 0 Å². The molecule has 0 unspecified atom stereocenters. The second-order valence-electron chi connectivity index (χ2n) is 3.93. The van der Waals surface area contributed by atoms with Gasteiger partial charge in [0.25, 0.3) is 0 Å². The molecular formula is C14H15Cl2NO3. The summed E-state index contributed by atoms with van der Waals surface area (Å²) in [5.41, 5.74) is 0.749. The van der Waals surface area contributed by atoms with Crippen molar-refractivity contribution in [1.82, 2.24) is 0 Å². The summed E-state index contributed by atoms with van der Waals surface area (Å²) in [5, 5.41) is 10.5. The van der Waals surface area contributed by atoms with Gasteiger partial charge in [-0.2, -0.15) is 0 Å². The zero-order valence-corrected chi connectivity index (χ0v) is 12.7. The normalized spacial score (nSPS) is 12.4. The van der Waals surface area contributed by atoms with Crippen LogP contribution >= 0.6 is 23.2 Å². The number of esters is 1. The van der Waals surface area contributed by atoms with Gasteiger partial charge in [0.15, 0.2) is 0 Å². The Morgan fingerprint density at radius 3 is 2.75 bits per heavy atom. The van der Waals surface area contributed by atoms with E-state index in [4.69, 9.17) is 27.9 Å². The summed E-state index contributed by atoms with van der Waals surface area (Å²) < 4.78 is 4.82. The smallest absolute Gasteiger partial charge is 0.343 e. The number of halogens is 2. The predicted molar refractivity (Wildman–Crippen MR) is 80.6 cm³/mol. The molecule has 0 atom stereocenters. The molecule has 0 fully saturated rings. The Hall–Kier alpha value is -1.52. The summed E-state index contributed by atoms with van der Waals surface area (Å²) in [6.07, 6.45) is 1.27. The monoisotopic (exact) mass is 315 g/mol. The fraction of sp³-hybridized carbons (Fsp3) is 0.286. The minimum absolute atomic E-state index is 0.0185. The Balaban J connectivity index is 2.83. The predicted octanol–water partition coefficient (Wildman–Crippen LogP) is 3.96. The summed E-state index contributed by atoms with van der Waals surface area (Å²) >= 11 is 11.9. The Morgan fingerprint density at radius 2 is 2.15 bits per heavy atom. The molecular weight excluding hydrogens is 301 g/mol. The number of aliphatic hydroxyl groups excluding tert-OH is 1. The molecule has 20 heavy (non-hydrogen) atoms. The number of aliphatic imine (C=N–C) groups is 1. The van der Waals surface area contributed by atoms with Gasteiger partial charge in [0.1, 0.15) is 11.3 Å². The second-order valence-corrected chi connectivity index (χ2v) is 4.77. The highest BCUT2D eigenvalue weighted by Crippen LogP contribution is 2.21. The number of benzene rings is 1. The van der Waals surface area contributed by atoms with Crippen molar-refractivity contribution in [3.8, 4) is 0 Å². The van der Waals surface area contributed by atoms with Gasteiger partial charge in [-0.25, -0.2) is 4.79 Å². The van der Waals surface area contributed by atoms with Crippen LogP contribution in [0.5, 0.6) is 0 Å². The van der Waals surface area contributed by atoms with Gasteiger partial charge < -0.3 is 9.84 Å². The molecule has 0 aliphatic heterocycles. The van der Waals surface area contributed by atoms with Crippen LogP contribution in [0.25, 0.3) is 0 Å². The zero-order chi connectivity index (χ0) is 15.1. The van der Waals surface area contributed by atoms with Crippen LogP contribution in [0.2, 0.25) is 10.0 Å². The molecule has 1 rings (SSSR count). The van der Waals surface area contributed by atoms with Gasteiger partial charge in [0.2, 0.25) is 0 Å². The van der Waals surface area contributed by atoms with Gasteiger partial charge in [-0.05, 0) is 37.6 Å². The number of aliphatic hydroxyl groups is 1. The molecule has 0 saturated carbocycles. The molecule has 0 aliphatic carbocycles. The quantitative estimate of drug-likeness (QED) is 0.387. The van der Waals surface area contributed by atoms with Crippen molar-refractivity contribution in [1.29, 1.82) is 0 Å². The highest BCUT2D eigenvalue weighted by molar-refractivity contribution is 6.33. The molecule has 0 aliphatic rings. The van der Waals surface area contributed by atoms with Gasteiger partial charge in [0.05, 0.1) is 13.2 Å². The first-order valence-electron chi connectivity index (χ1n) is 5.96. The van der Waals surface area contributed by atoms with E-state index in [2.05, 4.69) is 4.99 Å². The van der Waals surface area contributed by atoms with E-state index in [1.165, 1.54) is 13.1 Å². The van der Waals surface area contributed by atoms with E-state index in [0.29, 0.717) is 10.0 Å². The Labute approximate surface area is 127 Å². The van der Waals surface area contributed by atoms with Crippen molar-refractivity contribution in [3.05, 3.63) is 45.1 Å². The Bertz CT molecular complexity index is 549. The first kappa shape index (κ1) is 16.5. The first-order valence-corrected chi connectivity index (χ1v) is 6.72. The number of hydrogen-bond acceptors (Lipinski definition) is 4. The third-order valence-electron chi connectivity index (χ3n) is 2.37. The van der Waals surface area contributed by atoms with E-state index in [-0.39, 0.29) is 24.5 Å². The first-order chi connectivity index (χ1) is 9.45. The lowest BCUT2D eigenvalue weighted by Crippen LogP contribution is -2.10. The van der Waals surface area contributed by atoms with Crippen molar-refractivity contribution in [3.63, 3.8) is 0 Å². The molecule has 0 saturated heterocycles. The number of hydrogen-bond donors (Lipinski definition) is 1. The van der Waals surface area contributed by atoms with E-state index in [0.717, 1.165) is 5.56 Å². The minimum atomic E-state index is -0.617. The zero-order valence-electron chi connectivity index (χ0n) is 11.2. The van der Waals surface area contributed by atoms with Crippen molar-refractivity contribution < 1.29 is 14.6 Å². The summed E-state index contributed by atoms with van der Waals surface area (Å²) in [6.45, 7) is 3.55. The molecule has 0 aromatic heterocycles. The molecule has 0 spiro atoms. The van der Waals surface area contributed by atoms with Crippen LogP contribution in [-0.2, 0) is 16.1 Å². The van der Waals surface area contributed by atoms with Crippen molar-refractivity contribution in [2.75, 3.05) is 6.61 Å². The van der Waals surface area contributed by atoms with E-state index in [1.54, 1.807) is 25.1 Å². The number of ether oxygens (including phenoxy) is 1. The van der Waals surface area contributed by atoms with E-state index < -0.39 is 5.97 Å². The van der Waals surface area contributed by atoms with Gasteiger partial charge in [-0.1, -0.05) is 23.2 Å². The SMILES string of the molecule is CCOC(=O)/C(C=NCc1cc(Cl)ccc1Cl)=C(\C)O. The summed E-state index contributed by atoms with van der Waals surface area (Å²) in [5.74, 6) is -0.766. The average molecular weight is 316 g/mol. The molecule has 6 heteroatoms. The van der Waals surface area contributed by atoms with E-state index in [1.807, 2.05) is 0 Å². The van der Waals surface area contributed by atoms with E-state index in [9.17, 15) is 9.90 Å². The molecule has 1 N–H and O–H groups in total. The molecule has 4 nitrogen and oxygen atoms in total. The number of allylic oxidation sites excluding steroid dienone is 1. The van der Waals surface area contributed by atoms with Crippen LogP contribution in [0.15, 0.2) is 34.5 Å². The van der Waals surface area contributed by atoms with Crippen molar-refractivity contribution in [2.24, 2.45) is 4.99 Å². The molecule has 1 aromatic carbocycles. The van der Waals surface area contributed by atoms with Gasteiger partial charge in [-0.3, -0.25) is 4.99 Å². The molecule has 0 amide bonds. The topological polar surface area (TPSA) is 58.9 Å². The number of carbonyl (C=O) groups is 1. The lowest BCUT2D eigenvalue weighted by atomic mass is 10.2. The average Bonchev–Trinajstić information content (AvgIpc) is 2.38. The van der Waals surface area contributed by atoms with Crippen LogP contribution in [-0.4, -0.2) is 23.9 Å². The fourth-order valence-corrected chi connectivity index (χ4v) is 1.77. The number of rotatable bonds is 5. The van der Waals surface area contributed by atoms with Crippen LogP contribution in [0.3, 0.4) is 0 Å². The molecule has 1 aromatic rings. The van der Waals surface area contributed by atoms with Gasteiger partial charge >= 0.3 is 5.97 Å².